The van der Waals surface area contributed by atoms with Gasteiger partial charge in [-0.25, -0.2) is 0 Å². The highest BCUT2D eigenvalue weighted by molar-refractivity contribution is 7.25. The van der Waals surface area contributed by atoms with E-state index < -0.39 is 10.8 Å². The minimum atomic E-state index is -0.542. The van der Waals surface area contributed by atoms with Crippen LogP contribution >= 0.6 is 11.3 Å². The largest absolute Gasteiger partial charge is 0.309 e. The standard InChI is InChI=1S/C56H33NS/c1-6-20-43-35(15-1)36-16-2-7-21-44(36)55(43)46-23-9-11-25-48(46)56(49-26-12-10-24-47(49)55)45-22-8-3-17-37(45)40-32-41-38-18-4-13-27-51(38)57(52(41)33-50(40)56)34-29-30-54-42(31-34)39-19-5-14-28-53(39)58-54/h1-33H. The second-order valence-corrected chi connectivity index (χ2v) is 17.4. The molecule has 2 spiro atoms. The van der Waals surface area contributed by atoms with Crippen LogP contribution in [0.2, 0.25) is 0 Å². The summed E-state index contributed by atoms with van der Waals surface area (Å²) in [6, 6.07) is 76.3. The Morgan fingerprint density at radius 1 is 0.293 bits per heavy atom. The molecule has 268 valence electrons. The third kappa shape index (κ3) is 3.52. The Labute approximate surface area is 339 Å². The highest BCUT2D eigenvalue weighted by atomic mass is 32.1. The lowest BCUT2D eigenvalue weighted by Gasteiger charge is -2.48. The zero-order chi connectivity index (χ0) is 37.7. The van der Waals surface area contributed by atoms with E-state index in [2.05, 4.69) is 205 Å². The average Bonchev–Trinajstić information content (AvgIpc) is 4.00. The smallest absolute Gasteiger partial charge is 0.0720 e. The fourth-order valence-electron chi connectivity index (χ4n) is 11.8. The molecule has 0 amide bonds. The summed E-state index contributed by atoms with van der Waals surface area (Å²) in [5, 5.41) is 5.19. The van der Waals surface area contributed by atoms with Crippen molar-refractivity contribution in [2.45, 2.75) is 10.8 Å². The number of fused-ring (bicyclic) bond motifs is 22. The Morgan fingerprint density at radius 3 is 1.38 bits per heavy atom. The molecule has 0 atom stereocenters. The van der Waals surface area contributed by atoms with Crippen molar-refractivity contribution in [3.63, 3.8) is 0 Å². The van der Waals surface area contributed by atoms with E-state index in [4.69, 9.17) is 0 Å². The summed E-state index contributed by atoms with van der Waals surface area (Å²) in [6.45, 7) is 0. The van der Waals surface area contributed by atoms with Gasteiger partial charge in [0.2, 0.25) is 0 Å². The minimum absolute atomic E-state index is 0.457. The average molecular weight is 752 g/mol. The van der Waals surface area contributed by atoms with Gasteiger partial charge in [0.1, 0.15) is 0 Å². The van der Waals surface area contributed by atoms with E-state index in [0.717, 1.165) is 0 Å². The molecule has 0 saturated carbocycles. The predicted octanol–water partition coefficient (Wildman–Crippen LogP) is 14.2. The van der Waals surface area contributed by atoms with Gasteiger partial charge >= 0.3 is 0 Å². The number of para-hydroxylation sites is 1. The zero-order valence-electron chi connectivity index (χ0n) is 31.4. The van der Waals surface area contributed by atoms with Crippen LogP contribution in [0.3, 0.4) is 0 Å². The lowest BCUT2D eigenvalue weighted by atomic mass is 9.52. The molecule has 1 nitrogen and oxygen atoms in total. The summed E-state index contributed by atoms with van der Waals surface area (Å²) in [5.41, 5.74) is 18.8. The van der Waals surface area contributed by atoms with E-state index in [1.165, 1.54) is 114 Å². The molecule has 3 aliphatic rings. The van der Waals surface area contributed by atoms with E-state index in [9.17, 15) is 0 Å². The van der Waals surface area contributed by atoms with Crippen molar-refractivity contribution in [2.24, 2.45) is 0 Å². The molecule has 0 unspecified atom stereocenters. The van der Waals surface area contributed by atoms with Gasteiger partial charge in [0.05, 0.1) is 21.9 Å². The van der Waals surface area contributed by atoms with Crippen LogP contribution in [0.5, 0.6) is 0 Å². The Kier molecular flexibility index (Phi) is 5.84. The van der Waals surface area contributed by atoms with Crippen molar-refractivity contribution in [1.29, 1.82) is 0 Å². The monoisotopic (exact) mass is 751 g/mol. The number of benzene rings is 9. The Hall–Kier alpha value is -7.00. The van der Waals surface area contributed by atoms with Crippen molar-refractivity contribution in [2.75, 3.05) is 0 Å². The first kappa shape index (κ1) is 31.1. The molecule has 0 fully saturated rings. The summed E-state index contributed by atoms with van der Waals surface area (Å²) < 4.78 is 5.17. The zero-order valence-corrected chi connectivity index (χ0v) is 32.2. The second kappa shape index (κ2) is 10.9. The normalized spacial score (nSPS) is 14.8. The molecule has 0 N–H and O–H groups in total. The number of hydrogen-bond acceptors (Lipinski definition) is 1. The van der Waals surface area contributed by atoms with E-state index in [1.54, 1.807) is 0 Å². The fourth-order valence-corrected chi connectivity index (χ4v) is 12.9. The molecular formula is C56H33NS. The topological polar surface area (TPSA) is 4.93 Å². The number of thiophene rings is 1. The fraction of sp³-hybridized carbons (Fsp3) is 0.0357. The number of nitrogens with zero attached hydrogens (tertiary/aromatic N) is 1. The van der Waals surface area contributed by atoms with Gasteiger partial charge in [-0.05, 0) is 109 Å². The molecule has 9 aromatic carbocycles. The summed E-state index contributed by atoms with van der Waals surface area (Å²) in [6.07, 6.45) is 0. The Morgan fingerprint density at radius 2 is 0.759 bits per heavy atom. The van der Waals surface area contributed by atoms with Gasteiger partial charge in [0.25, 0.3) is 0 Å². The second-order valence-electron chi connectivity index (χ2n) is 16.3. The molecular weight excluding hydrogens is 719 g/mol. The van der Waals surface area contributed by atoms with Gasteiger partial charge in [-0.15, -0.1) is 11.3 Å². The number of aromatic nitrogens is 1. The van der Waals surface area contributed by atoms with Gasteiger partial charge in [-0.2, -0.15) is 0 Å². The maximum atomic E-state index is 2.57. The van der Waals surface area contributed by atoms with Crippen LogP contribution in [0.25, 0.3) is 69.9 Å². The highest BCUT2D eigenvalue weighted by Gasteiger charge is 2.58. The van der Waals surface area contributed by atoms with Crippen molar-refractivity contribution < 1.29 is 0 Å². The first-order valence-electron chi connectivity index (χ1n) is 20.3. The molecule has 0 radical (unpaired) electrons. The molecule has 58 heavy (non-hydrogen) atoms. The van der Waals surface area contributed by atoms with E-state index in [0.29, 0.717) is 0 Å². The van der Waals surface area contributed by atoms with Crippen LogP contribution in [0.15, 0.2) is 200 Å². The van der Waals surface area contributed by atoms with Gasteiger partial charge in [-0.1, -0.05) is 158 Å². The lowest BCUT2D eigenvalue weighted by Crippen LogP contribution is -2.43. The molecule has 2 heteroatoms. The third-order valence-electron chi connectivity index (χ3n) is 13.9. The first-order valence-corrected chi connectivity index (χ1v) is 21.1. The SMILES string of the molecule is c1ccc2c(c1)-c1ccccc1C21c2ccccc2C2(c3ccccc3-c3cc4c5ccccc5n(-c5ccc6sc7ccccc7c6c5)c4cc32)c2ccccc21. The summed E-state index contributed by atoms with van der Waals surface area (Å²) in [4.78, 5) is 0. The number of hydrogen-bond donors (Lipinski definition) is 0. The van der Waals surface area contributed by atoms with Crippen LogP contribution < -0.4 is 0 Å². The summed E-state index contributed by atoms with van der Waals surface area (Å²) in [5.74, 6) is 0. The maximum Gasteiger partial charge on any atom is 0.0720 e. The van der Waals surface area contributed by atoms with E-state index >= 15 is 0 Å². The van der Waals surface area contributed by atoms with Crippen molar-refractivity contribution in [3.05, 3.63) is 245 Å². The maximum absolute atomic E-state index is 2.57. The first-order chi connectivity index (χ1) is 28.8. The molecule has 0 aliphatic heterocycles. The Bertz CT molecular complexity index is 3500. The van der Waals surface area contributed by atoms with E-state index in [-0.39, 0.29) is 0 Å². The molecule has 2 aromatic heterocycles. The van der Waals surface area contributed by atoms with Gasteiger partial charge in [-0.3, -0.25) is 0 Å². The van der Waals surface area contributed by atoms with Crippen LogP contribution in [0.4, 0.5) is 0 Å². The van der Waals surface area contributed by atoms with Crippen LogP contribution in [-0.4, -0.2) is 4.57 Å². The predicted molar refractivity (Wildman–Crippen MR) is 242 cm³/mol. The summed E-state index contributed by atoms with van der Waals surface area (Å²) >= 11 is 1.88. The number of rotatable bonds is 1. The molecule has 14 rings (SSSR count). The third-order valence-corrected chi connectivity index (χ3v) is 15.0. The van der Waals surface area contributed by atoms with Crippen molar-refractivity contribution >= 4 is 53.3 Å². The van der Waals surface area contributed by atoms with E-state index in [1.807, 2.05) is 11.3 Å². The quantitative estimate of drug-likeness (QED) is 0.157. The molecule has 3 aliphatic carbocycles. The molecule has 0 bridgehead atoms. The molecule has 0 saturated heterocycles. The molecule has 11 aromatic rings. The lowest BCUT2D eigenvalue weighted by molar-refractivity contribution is 0.633. The van der Waals surface area contributed by atoms with Gasteiger partial charge in [0.15, 0.2) is 0 Å². The van der Waals surface area contributed by atoms with Gasteiger partial charge < -0.3 is 4.57 Å². The minimum Gasteiger partial charge on any atom is -0.309 e. The summed E-state index contributed by atoms with van der Waals surface area (Å²) in [7, 11) is 0. The van der Waals surface area contributed by atoms with Gasteiger partial charge in [0, 0.05) is 36.6 Å². The van der Waals surface area contributed by atoms with Crippen molar-refractivity contribution in [3.8, 4) is 27.9 Å². The highest BCUT2D eigenvalue weighted by Crippen LogP contribution is 2.67. The van der Waals surface area contributed by atoms with Crippen LogP contribution in [0, 0.1) is 0 Å². The van der Waals surface area contributed by atoms with Crippen LogP contribution in [-0.2, 0) is 10.8 Å². The molecule has 2 heterocycles. The van der Waals surface area contributed by atoms with Crippen LogP contribution in [0.1, 0.15) is 44.5 Å². The van der Waals surface area contributed by atoms with Crippen molar-refractivity contribution in [1.82, 2.24) is 4.57 Å². The Balaban J connectivity index is 1.14.